The normalized spacial score (nSPS) is 10.6. The van der Waals surface area contributed by atoms with Gasteiger partial charge < -0.3 is 5.73 Å². The van der Waals surface area contributed by atoms with Crippen molar-refractivity contribution >= 4 is 0 Å². The zero-order valence-corrected chi connectivity index (χ0v) is 8.81. The zero-order chi connectivity index (χ0) is 10.8. The van der Waals surface area contributed by atoms with Crippen molar-refractivity contribution in [3.8, 4) is 5.95 Å². The van der Waals surface area contributed by atoms with Gasteiger partial charge in [0, 0.05) is 36.4 Å². The summed E-state index contributed by atoms with van der Waals surface area (Å²) in [5.41, 5.74) is 7.43. The molecule has 0 spiro atoms. The minimum atomic E-state index is 0.467. The van der Waals surface area contributed by atoms with Crippen molar-refractivity contribution in [2.24, 2.45) is 5.73 Å². The quantitative estimate of drug-likeness (QED) is 0.781. The molecule has 0 aliphatic carbocycles. The Balaban J connectivity index is 2.47. The standard InChI is InChI=1S/C10H13N5/c1-7-9(5-11)6-13-10(14-7)15-4-3-12-8(15)2/h3-4,6H,5,11H2,1-2H3. The van der Waals surface area contributed by atoms with E-state index in [1.165, 1.54) is 0 Å². The van der Waals surface area contributed by atoms with Gasteiger partial charge in [-0.1, -0.05) is 0 Å². The number of nitrogens with zero attached hydrogens (tertiary/aromatic N) is 4. The lowest BCUT2D eigenvalue weighted by Crippen LogP contribution is -2.07. The highest BCUT2D eigenvalue weighted by Crippen LogP contribution is 2.08. The first-order valence-electron chi connectivity index (χ1n) is 4.75. The van der Waals surface area contributed by atoms with Gasteiger partial charge in [0.05, 0.1) is 0 Å². The molecule has 0 bridgehead atoms. The van der Waals surface area contributed by atoms with Crippen LogP contribution < -0.4 is 5.73 Å². The Morgan fingerprint density at radius 1 is 1.33 bits per heavy atom. The largest absolute Gasteiger partial charge is 0.326 e. The average molecular weight is 203 g/mol. The van der Waals surface area contributed by atoms with Gasteiger partial charge in [-0.25, -0.2) is 15.0 Å². The Morgan fingerprint density at radius 2 is 2.13 bits per heavy atom. The van der Waals surface area contributed by atoms with Crippen molar-refractivity contribution in [2.45, 2.75) is 20.4 Å². The summed E-state index contributed by atoms with van der Waals surface area (Å²) in [6.45, 7) is 4.31. The Bertz CT molecular complexity index is 474. The first-order chi connectivity index (χ1) is 7.22. The fourth-order valence-electron chi connectivity index (χ4n) is 1.39. The summed E-state index contributed by atoms with van der Waals surface area (Å²) in [5, 5.41) is 0. The molecule has 0 aliphatic heterocycles. The van der Waals surface area contributed by atoms with Crippen LogP contribution in [0.1, 0.15) is 17.1 Å². The summed E-state index contributed by atoms with van der Waals surface area (Å²) in [5.74, 6) is 1.51. The van der Waals surface area contributed by atoms with Gasteiger partial charge in [-0.05, 0) is 13.8 Å². The molecule has 0 atom stereocenters. The highest BCUT2D eigenvalue weighted by atomic mass is 15.2. The lowest BCUT2D eigenvalue weighted by Gasteiger charge is -2.06. The molecule has 0 saturated heterocycles. The predicted octanol–water partition coefficient (Wildman–Crippen LogP) is 0.738. The molecule has 0 radical (unpaired) electrons. The SMILES string of the molecule is Cc1nc(-n2ccnc2C)ncc1CN. The van der Waals surface area contributed by atoms with Crippen LogP contribution in [0.4, 0.5) is 0 Å². The van der Waals surface area contributed by atoms with Crippen molar-refractivity contribution in [1.82, 2.24) is 19.5 Å². The van der Waals surface area contributed by atoms with Crippen LogP contribution in [0.5, 0.6) is 0 Å². The van der Waals surface area contributed by atoms with Crippen molar-refractivity contribution in [1.29, 1.82) is 0 Å². The molecule has 0 saturated carbocycles. The Hall–Kier alpha value is -1.75. The number of aromatic nitrogens is 4. The Labute approximate surface area is 88.0 Å². The predicted molar refractivity (Wildman–Crippen MR) is 56.5 cm³/mol. The third-order valence-corrected chi connectivity index (χ3v) is 2.33. The topological polar surface area (TPSA) is 69.6 Å². The molecular formula is C10H13N5. The molecule has 2 heterocycles. The van der Waals surface area contributed by atoms with Crippen LogP contribution in [0, 0.1) is 13.8 Å². The summed E-state index contributed by atoms with van der Waals surface area (Å²) in [6.07, 6.45) is 5.33. The molecule has 2 rings (SSSR count). The summed E-state index contributed by atoms with van der Waals surface area (Å²) >= 11 is 0. The zero-order valence-electron chi connectivity index (χ0n) is 8.81. The maximum Gasteiger partial charge on any atom is 0.235 e. The van der Waals surface area contributed by atoms with Gasteiger partial charge in [0.1, 0.15) is 5.82 Å². The number of hydrogen-bond acceptors (Lipinski definition) is 4. The van der Waals surface area contributed by atoms with Gasteiger partial charge in [-0.3, -0.25) is 4.57 Å². The first kappa shape index (κ1) is 9.79. The molecule has 2 N–H and O–H groups in total. The van der Waals surface area contributed by atoms with Gasteiger partial charge in [0.2, 0.25) is 5.95 Å². The fourth-order valence-corrected chi connectivity index (χ4v) is 1.39. The highest BCUT2D eigenvalue weighted by molar-refractivity contribution is 5.22. The van der Waals surface area contributed by atoms with Crippen LogP contribution in [0.2, 0.25) is 0 Å². The van der Waals surface area contributed by atoms with E-state index < -0.39 is 0 Å². The molecule has 2 aromatic heterocycles. The minimum Gasteiger partial charge on any atom is -0.326 e. The summed E-state index contributed by atoms with van der Waals surface area (Å²) in [7, 11) is 0. The van der Waals surface area contributed by atoms with Crippen LogP contribution >= 0.6 is 0 Å². The maximum atomic E-state index is 5.55. The minimum absolute atomic E-state index is 0.467. The Kier molecular flexibility index (Phi) is 2.47. The molecule has 2 aromatic rings. The molecule has 0 aliphatic rings. The fraction of sp³-hybridized carbons (Fsp3) is 0.300. The number of aryl methyl sites for hydroxylation is 2. The van der Waals surface area contributed by atoms with E-state index in [-0.39, 0.29) is 0 Å². The lowest BCUT2D eigenvalue weighted by atomic mass is 10.2. The molecule has 0 fully saturated rings. The second kappa shape index (κ2) is 3.78. The van der Waals surface area contributed by atoms with Gasteiger partial charge in [-0.2, -0.15) is 0 Å². The summed E-state index contributed by atoms with van der Waals surface area (Å²) in [4.78, 5) is 12.7. The van der Waals surface area contributed by atoms with Gasteiger partial charge >= 0.3 is 0 Å². The third kappa shape index (κ3) is 1.73. The second-order valence-corrected chi connectivity index (χ2v) is 3.33. The molecule has 78 valence electrons. The van der Waals surface area contributed by atoms with E-state index in [0.29, 0.717) is 12.5 Å². The molecule has 0 aromatic carbocycles. The van der Waals surface area contributed by atoms with Gasteiger partial charge in [0.25, 0.3) is 0 Å². The van der Waals surface area contributed by atoms with E-state index in [1.54, 1.807) is 12.4 Å². The highest BCUT2D eigenvalue weighted by Gasteiger charge is 2.05. The van der Waals surface area contributed by atoms with Crippen LogP contribution in [-0.2, 0) is 6.54 Å². The monoisotopic (exact) mass is 203 g/mol. The van der Waals surface area contributed by atoms with E-state index in [0.717, 1.165) is 17.1 Å². The summed E-state index contributed by atoms with van der Waals surface area (Å²) < 4.78 is 1.84. The van der Waals surface area contributed by atoms with Gasteiger partial charge in [-0.15, -0.1) is 0 Å². The molecule has 5 heteroatoms. The number of rotatable bonds is 2. The lowest BCUT2D eigenvalue weighted by molar-refractivity contribution is 0.852. The van der Waals surface area contributed by atoms with E-state index in [1.807, 2.05) is 24.6 Å². The number of hydrogen-bond donors (Lipinski definition) is 1. The molecular weight excluding hydrogens is 190 g/mol. The van der Waals surface area contributed by atoms with Crippen LogP contribution in [0.25, 0.3) is 5.95 Å². The third-order valence-electron chi connectivity index (χ3n) is 2.33. The van der Waals surface area contributed by atoms with Gasteiger partial charge in [0.15, 0.2) is 0 Å². The Morgan fingerprint density at radius 3 is 2.67 bits per heavy atom. The number of nitrogens with two attached hydrogens (primary N) is 1. The molecule has 0 amide bonds. The first-order valence-corrected chi connectivity index (χ1v) is 4.75. The average Bonchev–Trinajstić information content (AvgIpc) is 2.64. The number of imidazole rings is 1. The smallest absolute Gasteiger partial charge is 0.235 e. The molecule has 5 nitrogen and oxygen atoms in total. The van der Waals surface area contributed by atoms with Crippen LogP contribution in [0.15, 0.2) is 18.6 Å². The van der Waals surface area contributed by atoms with Crippen molar-refractivity contribution in [3.63, 3.8) is 0 Å². The summed E-state index contributed by atoms with van der Waals surface area (Å²) in [6, 6.07) is 0. The second-order valence-electron chi connectivity index (χ2n) is 3.33. The van der Waals surface area contributed by atoms with Crippen molar-refractivity contribution in [2.75, 3.05) is 0 Å². The van der Waals surface area contributed by atoms with E-state index in [2.05, 4.69) is 15.0 Å². The van der Waals surface area contributed by atoms with E-state index in [9.17, 15) is 0 Å². The van der Waals surface area contributed by atoms with Crippen LogP contribution in [0.3, 0.4) is 0 Å². The molecule has 0 unspecified atom stereocenters. The van der Waals surface area contributed by atoms with Crippen LogP contribution in [-0.4, -0.2) is 19.5 Å². The maximum absolute atomic E-state index is 5.55. The van der Waals surface area contributed by atoms with E-state index >= 15 is 0 Å². The van der Waals surface area contributed by atoms with Crippen molar-refractivity contribution in [3.05, 3.63) is 35.7 Å². The molecule has 15 heavy (non-hydrogen) atoms. The van der Waals surface area contributed by atoms with E-state index in [4.69, 9.17) is 5.73 Å². The van der Waals surface area contributed by atoms with Crippen molar-refractivity contribution < 1.29 is 0 Å².